The van der Waals surface area contributed by atoms with Crippen molar-refractivity contribution >= 4 is 28.9 Å². The minimum atomic E-state index is -0.518. The van der Waals surface area contributed by atoms with Gasteiger partial charge in [-0.05, 0) is 29.7 Å². The van der Waals surface area contributed by atoms with Crippen molar-refractivity contribution < 1.29 is 14.5 Å². The second-order valence-electron chi connectivity index (χ2n) is 6.41. The third kappa shape index (κ3) is 4.48. The third-order valence-corrected chi connectivity index (χ3v) is 4.40. The standard InChI is InChI=1S/C19H20N4O4/c1-13(24)20-16-7-4-5-14-11-22(10-9-15(14)16)12-19(25)21-17-6-2-3-8-18(17)23(26)27/h2-8H,9-12H2,1H3,(H,20,24)(H,21,25). The van der Waals surface area contributed by atoms with Crippen LogP contribution in [0.15, 0.2) is 42.5 Å². The molecule has 140 valence electrons. The highest BCUT2D eigenvalue weighted by Crippen LogP contribution is 2.27. The number of hydrogen-bond donors (Lipinski definition) is 2. The lowest BCUT2D eigenvalue weighted by Crippen LogP contribution is -2.37. The van der Waals surface area contributed by atoms with Gasteiger partial charge in [0.05, 0.1) is 11.5 Å². The maximum atomic E-state index is 12.3. The number of carbonyl (C=O) groups excluding carboxylic acids is 2. The van der Waals surface area contributed by atoms with Crippen LogP contribution >= 0.6 is 0 Å². The summed E-state index contributed by atoms with van der Waals surface area (Å²) in [6.45, 7) is 2.85. The zero-order chi connectivity index (χ0) is 19.4. The van der Waals surface area contributed by atoms with Crippen LogP contribution < -0.4 is 10.6 Å². The van der Waals surface area contributed by atoms with E-state index < -0.39 is 4.92 Å². The van der Waals surface area contributed by atoms with Crippen molar-refractivity contribution in [2.45, 2.75) is 19.9 Å². The van der Waals surface area contributed by atoms with Crippen molar-refractivity contribution in [2.24, 2.45) is 0 Å². The average molecular weight is 368 g/mol. The number of anilines is 2. The number of para-hydroxylation sites is 2. The van der Waals surface area contributed by atoms with Crippen LogP contribution in [-0.2, 0) is 22.6 Å². The number of nitro groups is 1. The van der Waals surface area contributed by atoms with Crippen LogP contribution in [0.1, 0.15) is 18.1 Å². The first-order valence-corrected chi connectivity index (χ1v) is 8.58. The van der Waals surface area contributed by atoms with Gasteiger partial charge in [-0.15, -0.1) is 0 Å². The van der Waals surface area contributed by atoms with Gasteiger partial charge in [0.25, 0.3) is 5.69 Å². The Bertz CT molecular complexity index is 897. The van der Waals surface area contributed by atoms with Crippen LogP contribution in [0.3, 0.4) is 0 Å². The number of nitrogens with one attached hydrogen (secondary N) is 2. The fourth-order valence-corrected chi connectivity index (χ4v) is 3.24. The molecule has 0 saturated carbocycles. The molecule has 2 amide bonds. The Hall–Kier alpha value is -3.26. The Labute approximate surface area is 156 Å². The van der Waals surface area contributed by atoms with Crippen molar-refractivity contribution in [1.29, 1.82) is 0 Å². The van der Waals surface area contributed by atoms with Crippen molar-refractivity contribution in [1.82, 2.24) is 4.90 Å². The largest absolute Gasteiger partial charge is 0.326 e. The van der Waals surface area contributed by atoms with Gasteiger partial charge in [0, 0.05) is 31.8 Å². The first kappa shape index (κ1) is 18.5. The van der Waals surface area contributed by atoms with Gasteiger partial charge in [-0.2, -0.15) is 0 Å². The van der Waals surface area contributed by atoms with Gasteiger partial charge in [0.2, 0.25) is 11.8 Å². The number of fused-ring (bicyclic) bond motifs is 1. The number of nitro benzene ring substituents is 1. The molecule has 0 fully saturated rings. The lowest BCUT2D eigenvalue weighted by atomic mass is 9.97. The van der Waals surface area contributed by atoms with E-state index in [2.05, 4.69) is 10.6 Å². The monoisotopic (exact) mass is 368 g/mol. The van der Waals surface area contributed by atoms with E-state index >= 15 is 0 Å². The van der Waals surface area contributed by atoms with Gasteiger partial charge < -0.3 is 10.6 Å². The van der Waals surface area contributed by atoms with Crippen LogP contribution in [0.25, 0.3) is 0 Å². The second-order valence-corrected chi connectivity index (χ2v) is 6.41. The number of benzene rings is 2. The highest BCUT2D eigenvalue weighted by molar-refractivity contribution is 5.94. The van der Waals surface area contributed by atoms with Crippen molar-refractivity contribution in [3.05, 3.63) is 63.7 Å². The van der Waals surface area contributed by atoms with E-state index in [9.17, 15) is 19.7 Å². The van der Waals surface area contributed by atoms with Gasteiger partial charge in [-0.1, -0.05) is 24.3 Å². The summed E-state index contributed by atoms with van der Waals surface area (Å²) in [6.07, 6.45) is 0.713. The average Bonchev–Trinajstić information content (AvgIpc) is 2.61. The Morgan fingerprint density at radius 3 is 2.59 bits per heavy atom. The Kier molecular flexibility index (Phi) is 5.46. The number of hydrogen-bond acceptors (Lipinski definition) is 5. The SMILES string of the molecule is CC(=O)Nc1cccc2c1CCN(CC(=O)Nc1ccccc1[N+](=O)[O-])C2. The molecule has 0 spiro atoms. The van der Waals surface area contributed by atoms with Crippen LogP contribution in [0, 0.1) is 10.1 Å². The Morgan fingerprint density at radius 1 is 1.11 bits per heavy atom. The smallest absolute Gasteiger partial charge is 0.292 e. The molecule has 2 aromatic carbocycles. The molecular formula is C19H20N4O4. The summed E-state index contributed by atoms with van der Waals surface area (Å²) in [5.74, 6) is -0.416. The van der Waals surface area contributed by atoms with Crippen LogP contribution in [-0.4, -0.2) is 34.7 Å². The maximum Gasteiger partial charge on any atom is 0.292 e. The van der Waals surface area contributed by atoms with Crippen molar-refractivity contribution in [2.75, 3.05) is 23.7 Å². The number of rotatable bonds is 5. The van der Waals surface area contributed by atoms with E-state index in [1.165, 1.54) is 19.1 Å². The minimum Gasteiger partial charge on any atom is -0.326 e. The van der Waals surface area contributed by atoms with Gasteiger partial charge in [0.15, 0.2) is 0 Å². The molecule has 0 aromatic heterocycles. The predicted octanol–water partition coefficient (Wildman–Crippen LogP) is 2.55. The summed E-state index contributed by atoms with van der Waals surface area (Å²) in [5, 5.41) is 16.5. The first-order chi connectivity index (χ1) is 12.9. The van der Waals surface area contributed by atoms with Crippen LogP contribution in [0.4, 0.5) is 17.1 Å². The van der Waals surface area contributed by atoms with E-state index in [0.29, 0.717) is 19.5 Å². The molecule has 0 bridgehead atoms. The molecule has 0 radical (unpaired) electrons. The van der Waals surface area contributed by atoms with Gasteiger partial charge in [0.1, 0.15) is 5.69 Å². The summed E-state index contributed by atoms with van der Waals surface area (Å²) in [7, 11) is 0. The van der Waals surface area contributed by atoms with E-state index in [0.717, 1.165) is 16.8 Å². The third-order valence-electron chi connectivity index (χ3n) is 4.40. The molecule has 2 aromatic rings. The molecule has 1 aliphatic heterocycles. The molecule has 0 saturated heterocycles. The molecule has 8 heteroatoms. The van der Waals surface area contributed by atoms with Gasteiger partial charge in [-0.25, -0.2) is 0 Å². The minimum absolute atomic E-state index is 0.116. The molecule has 0 atom stereocenters. The molecule has 1 heterocycles. The summed E-state index contributed by atoms with van der Waals surface area (Å²) in [4.78, 5) is 36.2. The quantitative estimate of drug-likeness (QED) is 0.623. The number of nitrogens with zero attached hydrogens (tertiary/aromatic N) is 2. The zero-order valence-corrected chi connectivity index (χ0v) is 14.9. The Morgan fingerprint density at radius 2 is 1.85 bits per heavy atom. The Balaban J connectivity index is 1.66. The predicted molar refractivity (Wildman–Crippen MR) is 101 cm³/mol. The lowest BCUT2D eigenvalue weighted by Gasteiger charge is -2.29. The normalized spacial score (nSPS) is 13.5. The highest BCUT2D eigenvalue weighted by atomic mass is 16.6. The second kappa shape index (κ2) is 7.96. The van der Waals surface area contributed by atoms with Crippen molar-refractivity contribution in [3.8, 4) is 0 Å². The summed E-state index contributed by atoms with van der Waals surface area (Å²) < 4.78 is 0. The molecule has 2 N–H and O–H groups in total. The highest BCUT2D eigenvalue weighted by Gasteiger charge is 2.22. The van der Waals surface area contributed by atoms with E-state index in [4.69, 9.17) is 0 Å². The lowest BCUT2D eigenvalue weighted by molar-refractivity contribution is -0.383. The zero-order valence-electron chi connectivity index (χ0n) is 14.9. The van der Waals surface area contributed by atoms with E-state index in [-0.39, 0.29) is 29.7 Å². The molecule has 0 aliphatic carbocycles. The molecule has 0 unspecified atom stereocenters. The molecule has 3 rings (SSSR count). The summed E-state index contributed by atoms with van der Waals surface area (Å²) >= 11 is 0. The molecule has 1 aliphatic rings. The maximum absolute atomic E-state index is 12.3. The van der Waals surface area contributed by atoms with Gasteiger partial charge in [-0.3, -0.25) is 24.6 Å². The molecular weight excluding hydrogens is 348 g/mol. The molecule has 8 nitrogen and oxygen atoms in total. The topological polar surface area (TPSA) is 105 Å². The fourth-order valence-electron chi connectivity index (χ4n) is 3.24. The van der Waals surface area contributed by atoms with Crippen molar-refractivity contribution in [3.63, 3.8) is 0 Å². The fraction of sp³-hybridized carbons (Fsp3) is 0.263. The van der Waals surface area contributed by atoms with Crippen LogP contribution in [0.2, 0.25) is 0 Å². The number of carbonyl (C=O) groups is 2. The van der Waals surface area contributed by atoms with E-state index in [1.807, 2.05) is 23.1 Å². The molecule has 27 heavy (non-hydrogen) atoms. The summed E-state index contributed by atoms with van der Waals surface area (Å²) in [6, 6.07) is 11.8. The van der Waals surface area contributed by atoms with Gasteiger partial charge >= 0.3 is 0 Å². The first-order valence-electron chi connectivity index (χ1n) is 8.58. The summed E-state index contributed by atoms with van der Waals surface area (Å²) in [5.41, 5.74) is 3.02. The van der Waals surface area contributed by atoms with E-state index in [1.54, 1.807) is 12.1 Å². The van der Waals surface area contributed by atoms with Crippen LogP contribution in [0.5, 0.6) is 0 Å². The number of amides is 2.